The molecule has 1 fully saturated rings. The van der Waals surface area contributed by atoms with Crippen molar-refractivity contribution in [2.24, 2.45) is 0 Å². The molecule has 1 N–H and O–H groups in total. The number of amides is 1. The number of carbonyl (C=O) groups is 1. The second kappa shape index (κ2) is 9.38. The van der Waals surface area contributed by atoms with Crippen molar-refractivity contribution in [1.82, 2.24) is 9.88 Å². The summed E-state index contributed by atoms with van der Waals surface area (Å²) in [4.78, 5) is 21.8. The fourth-order valence-electron chi connectivity index (χ4n) is 3.70. The average Bonchev–Trinajstić information content (AvgIpc) is 2.84. The van der Waals surface area contributed by atoms with Crippen molar-refractivity contribution >= 4 is 23.1 Å². The summed E-state index contributed by atoms with van der Waals surface area (Å²) in [6, 6.07) is 19.2. The highest BCUT2D eigenvalue weighted by molar-refractivity contribution is 5.99. The van der Waals surface area contributed by atoms with Crippen molar-refractivity contribution < 1.29 is 14.3 Å². The Bertz CT molecular complexity index is 1050. The van der Waals surface area contributed by atoms with Gasteiger partial charge in [0.2, 0.25) is 0 Å². The lowest BCUT2D eigenvalue weighted by Gasteiger charge is -2.36. The Hall–Kier alpha value is -3.74. The smallest absolute Gasteiger partial charge is 0.257 e. The number of hydrogen-bond donors (Lipinski definition) is 1. The molecule has 1 aromatic heterocycles. The second-order valence-corrected chi connectivity index (χ2v) is 7.21. The molecular formula is C24H26N4O3. The zero-order valence-corrected chi connectivity index (χ0v) is 17.7. The van der Waals surface area contributed by atoms with Crippen LogP contribution in [0.2, 0.25) is 0 Å². The Morgan fingerprint density at radius 2 is 1.74 bits per heavy atom. The number of piperazine rings is 1. The van der Waals surface area contributed by atoms with Gasteiger partial charge >= 0.3 is 0 Å². The standard InChI is InChI=1S/C24H26N4O3/c1-30-19-8-5-7-18(17-19)27-13-15-28(16-14-27)24(29)20-9-6-12-25-23(20)26-21-10-3-4-11-22(21)31-2/h3-12,17H,13-16H2,1-2H3,(H,25,26). The predicted molar refractivity (Wildman–Crippen MR) is 122 cm³/mol. The van der Waals surface area contributed by atoms with Gasteiger partial charge in [0.25, 0.3) is 5.91 Å². The summed E-state index contributed by atoms with van der Waals surface area (Å²) in [5.74, 6) is 2.01. The minimum absolute atomic E-state index is 0.0317. The molecule has 2 heterocycles. The number of carbonyl (C=O) groups excluding carboxylic acids is 1. The third-order valence-electron chi connectivity index (χ3n) is 5.38. The van der Waals surface area contributed by atoms with E-state index >= 15 is 0 Å². The number of hydrogen-bond acceptors (Lipinski definition) is 6. The van der Waals surface area contributed by atoms with Crippen molar-refractivity contribution in [2.75, 3.05) is 50.6 Å². The van der Waals surface area contributed by atoms with Crippen LogP contribution in [0.4, 0.5) is 17.2 Å². The normalized spacial score (nSPS) is 13.6. The van der Waals surface area contributed by atoms with Crippen LogP contribution in [0.1, 0.15) is 10.4 Å². The third-order valence-corrected chi connectivity index (χ3v) is 5.38. The summed E-state index contributed by atoms with van der Waals surface area (Å²) in [7, 11) is 3.28. The maximum absolute atomic E-state index is 13.3. The minimum Gasteiger partial charge on any atom is -0.497 e. The number of pyridine rings is 1. The number of anilines is 3. The van der Waals surface area contributed by atoms with Gasteiger partial charge in [-0.3, -0.25) is 4.79 Å². The average molecular weight is 418 g/mol. The summed E-state index contributed by atoms with van der Waals surface area (Å²) in [5.41, 5.74) is 2.41. The lowest BCUT2D eigenvalue weighted by Crippen LogP contribution is -2.48. The van der Waals surface area contributed by atoms with E-state index in [0.29, 0.717) is 30.2 Å². The number of nitrogens with one attached hydrogen (secondary N) is 1. The van der Waals surface area contributed by atoms with Gasteiger partial charge in [-0.15, -0.1) is 0 Å². The lowest BCUT2D eigenvalue weighted by molar-refractivity contribution is 0.0747. The molecule has 1 saturated heterocycles. The maximum Gasteiger partial charge on any atom is 0.257 e. The molecule has 31 heavy (non-hydrogen) atoms. The fourth-order valence-corrected chi connectivity index (χ4v) is 3.70. The number of para-hydroxylation sites is 2. The van der Waals surface area contributed by atoms with Gasteiger partial charge in [-0.05, 0) is 36.4 Å². The molecule has 0 unspecified atom stereocenters. The molecule has 7 heteroatoms. The van der Waals surface area contributed by atoms with Crippen LogP contribution < -0.4 is 19.7 Å². The van der Waals surface area contributed by atoms with E-state index in [9.17, 15) is 4.79 Å². The molecule has 0 spiro atoms. The Morgan fingerprint density at radius 3 is 2.52 bits per heavy atom. The molecule has 0 saturated carbocycles. The Labute approximate surface area is 182 Å². The third kappa shape index (κ3) is 4.55. The van der Waals surface area contributed by atoms with Crippen LogP contribution in [0, 0.1) is 0 Å². The van der Waals surface area contributed by atoms with Crippen molar-refractivity contribution in [3.63, 3.8) is 0 Å². The Kier molecular flexibility index (Phi) is 6.21. The Morgan fingerprint density at radius 1 is 0.935 bits per heavy atom. The minimum atomic E-state index is -0.0317. The van der Waals surface area contributed by atoms with E-state index in [1.54, 1.807) is 26.5 Å². The molecule has 4 rings (SSSR count). The van der Waals surface area contributed by atoms with Gasteiger partial charge in [-0.1, -0.05) is 18.2 Å². The van der Waals surface area contributed by atoms with Crippen LogP contribution >= 0.6 is 0 Å². The van der Waals surface area contributed by atoms with Crippen LogP contribution in [0.3, 0.4) is 0 Å². The van der Waals surface area contributed by atoms with E-state index in [1.165, 1.54) is 0 Å². The van der Waals surface area contributed by atoms with Crippen LogP contribution in [0.5, 0.6) is 11.5 Å². The number of benzene rings is 2. The van der Waals surface area contributed by atoms with Crippen LogP contribution in [0.15, 0.2) is 66.9 Å². The van der Waals surface area contributed by atoms with E-state index < -0.39 is 0 Å². The molecule has 160 valence electrons. The van der Waals surface area contributed by atoms with E-state index in [2.05, 4.69) is 21.3 Å². The van der Waals surface area contributed by atoms with Crippen LogP contribution in [-0.4, -0.2) is 56.2 Å². The quantitative estimate of drug-likeness (QED) is 0.657. The zero-order valence-electron chi connectivity index (χ0n) is 17.7. The topological polar surface area (TPSA) is 66.9 Å². The van der Waals surface area contributed by atoms with Gasteiger partial charge in [0.1, 0.15) is 17.3 Å². The first-order valence-corrected chi connectivity index (χ1v) is 10.2. The molecule has 0 radical (unpaired) electrons. The molecule has 0 bridgehead atoms. The predicted octanol–water partition coefficient (Wildman–Crippen LogP) is 3.80. The van der Waals surface area contributed by atoms with E-state index in [-0.39, 0.29) is 5.91 Å². The fraction of sp³-hybridized carbons (Fsp3) is 0.250. The molecule has 2 aromatic carbocycles. The molecule has 7 nitrogen and oxygen atoms in total. The number of methoxy groups -OCH3 is 2. The van der Waals surface area contributed by atoms with Gasteiger partial charge in [-0.25, -0.2) is 4.98 Å². The monoisotopic (exact) mass is 418 g/mol. The van der Waals surface area contributed by atoms with Crippen molar-refractivity contribution in [1.29, 1.82) is 0 Å². The van der Waals surface area contributed by atoms with Gasteiger partial charge < -0.3 is 24.6 Å². The van der Waals surface area contributed by atoms with E-state index in [4.69, 9.17) is 9.47 Å². The Balaban J connectivity index is 1.47. The van der Waals surface area contributed by atoms with Crippen molar-refractivity contribution in [3.05, 3.63) is 72.4 Å². The number of rotatable bonds is 6. The first-order chi connectivity index (χ1) is 15.2. The first-order valence-electron chi connectivity index (χ1n) is 10.2. The second-order valence-electron chi connectivity index (χ2n) is 7.21. The summed E-state index contributed by atoms with van der Waals surface area (Å²) in [5, 5.41) is 3.25. The van der Waals surface area contributed by atoms with Gasteiger partial charge in [-0.2, -0.15) is 0 Å². The molecule has 1 aliphatic rings. The summed E-state index contributed by atoms with van der Waals surface area (Å²) >= 11 is 0. The van der Waals surface area contributed by atoms with E-state index in [1.807, 2.05) is 53.4 Å². The first kappa shape index (κ1) is 20.5. The lowest BCUT2D eigenvalue weighted by atomic mass is 10.1. The van der Waals surface area contributed by atoms with Gasteiger partial charge in [0.05, 0.1) is 25.5 Å². The van der Waals surface area contributed by atoms with Crippen LogP contribution in [0.25, 0.3) is 0 Å². The number of nitrogens with zero attached hydrogens (tertiary/aromatic N) is 3. The SMILES string of the molecule is COc1cccc(N2CCN(C(=O)c3cccnc3Nc3ccccc3OC)CC2)c1. The van der Waals surface area contributed by atoms with Gasteiger partial charge in [0, 0.05) is 44.1 Å². The van der Waals surface area contributed by atoms with Gasteiger partial charge in [0.15, 0.2) is 0 Å². The maximum atomic E-state index is 13.3. The number of ether oxygens (including phenoxy) is 2. The highest BCUT2D eigenvalue weighted by Gasteiger charge is 2.25. The van der Waals surface area contributed by atoms with Crippen molar-refractivity contribution in [2.45, 2.75) is 0 Å². The molecule has 1 amide bonds. The van der Waals surface area contributed by atoms with E-state index in [0.717, 1.165) is 30.2 Å². The largest absolute Gasteiger partial charge is 0.497 e. The molecule has 3 aromatic rings. The molecule has 1 aliphatic heterocycles. The van der Waals surface area contributed by atoms with Crippen LogP contribution in [-0.2, 0) is 0 Å². The summed E-state index contributed by atoms with van der Waals surface area (Å²) < 4.78 is 10.7. The van der Waals surface area contributed by atoms with Crippen molar-refractivity contribution in [3.8, 4) is 11.5 Å². The highest BCUT2D eigenvalue weighted by Crippen LogP contribution is 2.28. The summed E-state index contributed by atoms with van der Waals surface area (Å²) in [6.07, 6.45) is 1.68. The number of aromatic nitrogens is 1. The summed E-state index contributed by atoms with van der Waals surface area (Å²) in [6.45, 7) is 2.79. The zero-order chi connectivity index (χ0) is 21.6. The highest BCUT2D eigenvalue weighted by atomic mass is 16.5. The molecule has 0 atom stereocenters. The molecule has 0 aliphatic carbocycles. The molecular weight excluding hydrogens is 392 g/mol.